The van der Waals surface area contributed by atoms with Crippen LogP contribution in [-0.4, -0.2) is 65.2 Å². The third kappa shape index (κ3) is 5.89. The van der Waals surface area contributed by atoms with Crippen molar-refractivity contribution in [2.45, 2.75) is 67.0 Å². The van der Waals surface area contributed by atoms with Gasteiger partial charge >= 0.3 is 0 Å². The molecule has 3 aliphatic carbocycles. The molecule has 2 amide bonds. The highest BCUT2D eigenvalue weighted by atomic mass is 35.5. The van der Waals surface area contributed by atoms with Crippen molar-refractivity contribution < 1.29 is 46.5 Å². The van der Waals surface area contributed by atoms with E-state index in [1.807, 2.05) is 6.92 Å². The van der Waals surface area contributed by atoms with Crippen LogP contribution in [0.3, 0.4) is 0 Å². The molecule has 5 N–H and O–H groups in total. The molecule has 2 aromatic rings. The Morgan fingerprint density at radius 3 is 2.23 bits per heavy atom. The number of fused-ring (bicyclic) bond motifs is 2. The van der Waals surface area contributed by atoms with Gasteiger partial charge in [-0.25, -0.2) is 21.6 Å². The van der Waals surface area contributed by atoms with E-state index in [2.05, 4.69) is 10.6 Å². The van der Waals surface area contributed by atoms with Crippen molar-refractivity contribution in [3.63, 3.8) is 0 Å². The minimum Gasteiger partial charge on any atom is -0.390 e. The number of carbonyl (C=O) groups is 2. The number of halogens is 4. The van der Waals surface area contributed by atoms with Gasteiger partial charge in [0, 0.05) is 35.8 Å². The summed E-state index contributed by atoms with van der Waals surface area (Å²) in [4.78, 5) is 25.2. The molecule has 2 bridgehead atoms. The third-order valence-electron chi connectivity index (χ3n) is 9.35. The second kappa shape index (κ2) is 11.7. The molecule has 0 heterocycles. The molecule has 43 heavy (non-hydrogen) atoms. The van der Waals surface area contributed by atoms with Gasteiger partial charge in [0.2, 0.25) is 5.91 Å². The number of amides is 2. The topological polar surface area (TPSA) is 153 Å². The molecule has 234 valence electrons. The van der Waals surface area contributed by atoms with Crippen LogP contribution in [0.1, 0.15) is 49.4 Å². The van der Waals surface area contributed by atoms with Gasteiger partial charge in [-0.1, -0.05) is 18.5 Å². The van der Waals surface area contributed by atoms with Crippen molar-refractivity contribution in [1.29, 1.82) is 0 Å². The van der Waals surface area contributed by atoms with Crippen LogP contribution >= 0.6 is 11.6 Å². The molecule has 5 rings (SSSR count). The molecule has 0 aliphatic heterocycles. The zero-order valence-corrected chi connectivity index (χ0v) is 24.6. The van der Waals surface area contributed by atoms with Crippen LogP contribution in [0.25, 0.3) is 0 Å². The number of aliphatic hydroxyl groups is 3. The molecule has 0 saturated heterocycles. The molecule has 0 spiro atoms. The first kappa shape index (κ1) is 31.7. The molecule has 9 nitrogen and oxygen atoms in total. The fourth-order valence-corrected chi connectivity index (χ4v) is 9.41. The standard InChI is InChI=1S/C29H32ClF3N2O7S/c1-13-4-16-8-18(11-19(13)29(16,40)12-34-27(38)15-5-23(36)24(37)6-15)43(41,42)25-7-14(2-3-20(25)30)28(39)35-17-9-21(31)26(33)22(32)10-17/h2-3,7,9-10,13,15-16,18-19,23-24,36-37,40H,4-6,8,11-12H2,1H3,(H,34,38)(H,35,39)/t13-,15-,16?,18?,19?,23-,24+,29+/m0/s1. The van der Waals surface area contributed by atoms with Crippen molar-refractivity contribution in [1.82, 2.24) is 5.32 Å². The molecule has 0 aromatic heterocycles. The first-order chi connectivity index (χ1) is 20.1. The fraction of sp³-hybridized carbons (Fsp3) is 0.517. The molecule has 3 saturated carbocycles. The first-order valence-corrected chi connectivity index (χ1v) is 15.9. The number of rotatable bonds is 7. The van der Waals surface area contributed by atoms with E-state index in [4.69, 9.17) is 11.6 Å². The number of benzene rings is 2. The van der Waals surface area contributed by atoms with Gasteiger partial charge in [0.25, 0.3) is 5.91 Å². The maximum atomic E-state index is 13.9. The predicted octanol–water partition coefficient (Wildman–Crippen LogP) is 3.20. The average molecular weight is 645 g/mol. The molecular weight excluding hydrogens is 613 g/mol. The van der Waals surface area contributed by atoms with Crippen LogP contribution in [0.2, 0.25) is 5.02 Å². The van der Waals surface area contributed by atoms with Gasteiger partial charge in [0.1, 0.15) is 0 Å². The number of carbonyl (C=O) groups excluding carboxylic acids is 2. The number of aliphatic hydroxyl groups excluding tert-OH is 2. The summed E-state index contributed by atoms with van der Waals surface area (Å²) in [6.07, 6.45) is -1.05. The number of hydrogen-bond donors (Lipinski definition) is 5. The predicted molar refractivity (Wildman–Crippen MR) is 149 cm³/mol. The zero-order valence-electron chi connectivity index (χ0n) is 23.1. The Bertz CT molecular complexity index is 1530. The number of nitrogens with one attached hydrogen (secondary N) is 2. The fourth-order valence-electron chi connectivity index (χ4n) is 7.03. The van der Waals surface area contributed by atoms with Crippen molar-refractivity contribution >= 4 is 38.9 Å². The Morgan fingerprint density at radius 2 is 1.63 bits per heavy atom. The van der Waals surface area contributed by atoms with Crippen molar-refractivity contribution in [3.05, 3.63) is 58.4 Å². The van der Waals surface area contributed by atoms with Gasteiger partial charge in [-0.3, -0.25) is 9.59 Å². The van der Waals surface area contributed by atoms with Crippen LogP contribution in [0.5, 0.6) is 0 Å². The van der Waals surface area contributed by atoms with Crippen molar-refractivity contribution in [2.24, 2.45) is 23.7 Å². The van der Waals surface area contributed by atoms with Gasteiger partial charge < -0.3 is 26.0 Å². The van der Waals surface area contributed by atoms with E-state index in [9.17, 15) is 46.5 Å². The van der Waals surface area contributed by atoms with Gasteiger partial charge in [-0.15, -0.1) is 0 Å². The van der Waals surface area contributed by atoms with Crippen LogP contribution < -0.4 is 10.6 Å². The molecule has 2 aromatic carbocycles. The second-order valence-electron chi connectivity index (χ2n) is 12.0. The molecule has 14 heteroatoms. The Hall–Kier alpha value is -2.71. The number of sulfone groups is 1. The average Bonchev–Trinajstić information content (AvgIpc) is 3.31. The highest BCUT2D eigenvalue weighted by Crippen LogP contribution is 2.54. The molecule has 3 aliphatic rings. The summed E-state index contributed by atoms with van der Waals surface area (Å²) >= 11 is 6.28. The van der Waals surface area contributed by atoms with E-state index in [0.717, 1.165) is 6.07 Å². The summed E-state index contributed by atoms with van der Waals surface area (Å²) in [5, 5.41) is 35.1. The van der Waals surface area contributed by atoms with Crippen LogP contribution in [-0.2, 0) is 14.6 Å². The zero-order chi connectivity index (χ0) is 31.4. The maximum absolute atomic E-state index is 13.9. The summed E-state index contributed by atoms with van der Waals surface area (Å²) in [6.45, 7) is 1.82. The summed E-state index contributed by atoms with van der Waals surface area (Å²) in [6, 6.07) is 4.71. The van der Waals surface area contributed by atoms with E-state index in [-0.39, 0.29) is 65.2 Å². The maximum Gasteiger partial charge on any atom is 0.255 e. The lowest BCUT2D eigenvalue weighted by molar-refractivity contribution is -0.128. The van der Waals surface area contributed by atoms with Crippen LogP contribution in [0, 0.1) is 41.1 Å². The Balaban J connectivity index is 1.32. The summed E-state index contributed by atoms with van der Waals surface area (Å²) in [5.41, 5.74) is -1.89. The number of anilines is 1. The monoisotopic (exact) mass is 644 g/mol. The quantitative estimate of drug-likeness (QED) is 0.290. The normalized spacial score (nSPS) is 32.0. The van der Waals surface area contributed by atoms with Crippen LogP contribution in [0.15, 0.2) is 35.2 Å². The van der Waals surface area contributed by atoms with Gasteiger partial charge in [-0.2, -0.15) is 0 Å². The minimum atomic E-state index is -4.13. The molecule has 8 atom stereocenters. The Kier molecular flexibility index (Phi) is 8.60. The van der Waals surface area contributed by atoms with E-state index in [1.54, 1.807) is 0 Å². The molecule has 0 radical (unpaired) electrons. The largest absolute Gasteiger partial charge is 0.390 e. The van der Waals surface area contributed by atoms with Gasteiger partial charge in [-0.05, 0) is 68.1 Å². The van der Waals surface area contributed by atoms with E-state index in [1.165, 1.54) is 12.1 Å². The van der Waals surface area contributed by atoms with E-state index in [0.29, 0.717) is 18.6 Å². The van der Waals surface area contributed by atoms with Crippen LogP contribution in [0.4, 0.5) is 18.9 Å². The summed E-state index contributed by atoms with van der Waals surface area (Å²) in [7, 11) is -4.13. The Labute approximate surface area is 251 Å². The van der Waals surface area contributed by atoms with E-state index < -0.39 is 74.0 Å². The lowest BCUT2D eigenvalue weighted by Crippen LogP contribution is -2.55. The lowest BCUT2D eigenvalue weighted by atomic mass is 9.73. The Morgan fingerprint density at radius 1 is 1.00 bits per heavy atom. The highest BCUT2D eigenvalue weighted by molar-refractivity contribution is 7.92. The SMILES string of the molecule is C[C@H]1CC2CC(S(=O)(=O)c3cc(C(=O)Nc4cc(F)c(F)c(F)c4)ccc3Cl)CC1[C@@]2(O)CNC(=O)[C@@H]1C[C@@H](O)[C@@H](O)C1. The van der Waals surface area contributed by atoms with Gasteiger partial charge in [0.05, 0.1) is 33.0 Å². The number of hydrogen-bond acceptors (Lipinski definition) is 7. The highest BCUT2D eigenvalue weighted by Gasteiger charge is 2.58. The smallest absolute Gasteiger partial charge is 0.255 e. The summed E-state index contributed by atoms with van der Waals surface area (Å²) in [5.74, 6) is -7.58. The van der Waals surface area contributed by atoms with Crippen molar-refractivity contribution in [3.8, 4) is 0 Å². The molecular formula is C29H32ClF3N2O7S. The second-order valence-corrected chi connectivity index (χ2v) is 14.6. The molecule has 3 fully saturated rings. The molecule has 3 unspecified atom stereocenters. The lowest BCUT2D eigenvalue weighted by Gasteiger charge is -2.43. The minimum absolute atomic E-state index is 0.0497. The van der Waals surface area contributed by atoms with E-state index >= 15 is 0 Å². The summed E-state index contributed by atoms with van der Waals surface area (Å²) < 4.78 is 68.2. The van der Waals surface area contributed by atoms with Gasteiger partial charge in [0.15, 0.2) is 27.3 Å². The third-order valence-corrected chi connectivity index (χ3v) is 12.0. The van der Waals surface area contributed by atoms with Crippen molar-refractivity contribution in [2.75, 3.05) is 11.9 Å². The first-order valence-electron chi connectivity index (χ1n) is 14.0.